The van der Waals surface area contributed by atoms with Crippen molar-refractivity contribution in [2.45, 2.75) is 63.4 Å². The summed E-state index contributed by atoms with van der Waals surface area (Å²) >= 11 is 5.90. The molecule has 2 aromatic rings. The number of hydrogen-bond acceptors (Lipinski definition) is 4. The van der Waals surface area contributed by atoms with Crippen LogP contribution >= 0.6 is 11.6 Å². The Morgan fingerprint density at radius 3 is 2.41 bits per heavy atom. The van der Waals surface area contributed by atoms with Gasteiger partial charge in [-0.25, -0.2) is 8.42 Å². The van der Waals surface area contributed by atoms with Crippen molar-refractivity contribution in [3.63, 3.8) is 0 Å². The quantitative estimate of drug-likeness (QED) is 0.619. The molecular weight excluding hydrogens is 448 g/mol. The number of ether oxygens (including phenoxy) is 1. The van der Waals surface area contributed by atoms with Gasteiger partial charge in [0.15, 0.2) is 0 Å². The first-order valence-electron chi connectivity index (χ1n) is 10.8. The van der Waals surface area contributed by atoms with Gasteiger partial charge in [-0.3, -0.25) is 4.79 Å². The molecule has 2 atom stereocenters. The number of sulfonamides is 1. The van der Waals surface area contributed by atoms with Crippen molar-refractivity contribution >= 4 is 27.5 Å². The molecule has 0 unspecified atom stereocenters. The molecule has 1 heterocycles. The summed E-state index contributed by atoms with van der Waals surface area (Å²) in [6, 6.07) is 9.08. The number of halogens is 1. The Morgan fingerprint density at radius 2 is 1.81 bits per heavy atom. The smallest absolute Gasteiger partial charge is 0.243 e. The Balaban J connectivity index is 1.82. The van der Waals surface area contributed by atoms with E-state index in [2.05, 4.69) is 25.2 Å². The van der Waals surface area contributed by atoms with Crippen LogP contribution in [-0.4, -0.2) is 38.3 Å². The van der Waals surface area contributed by atoms with E-state index in [0.29, 0.717) is 24.4 Å². The lowest BCUT2D eigenvalue weighted by Crippen LogP contribution is -2.46. The van der Waals surface area contributed by atoms with Crippen LogP contribution in [0.15, 0.2) is 41.3 Å². The first kappa shape index (κ1) is 24.6. The van der Waals surface area contributed by atoms with E-state index in [4.69, 9.17) is 16.3 Å². The third-order valence-electron chi connectivity index (χ3n) is 5.99. The van der Waals surface area contributed by atoms with Crippen LogP contribution in [0, 0.1) is 6.92 Å². The molecule has 1 N–H and O–H groups in total. The zero-order chi connectivity index (χ0) is 23.6. The van der Waals surface area contributed by atoms with Gasteiger partial charge in [0.1, 0.15) is 11.8 Å². The molecule has 8 heteroatoms. The third kappa shape index (κ3) is 4.95. The lowest BCUT2D eigenvalue weighted by atomic mass is 9.93. The molecule has 0 radical (unpaired) electrons. The van der Waals surface area contributed by atoms with Crippen molar-refractivity contribution in [3.05, 3.63) is 58.1 Å². The Morgan fingerprint density at radius 1 is 1.16 bits per heavy atom. The van der Waals surface area contributed by atoms with Crippen molar-refractivity contribution in [2.24, 2.45) is 0 Å². The predicted molar refractivity (Wildman–Crippen MR) is 127 cm³/mol. The van der Waals surface area contributed by atoms with Gasteiger partial charge < -0.3 is 10.1 Å². The zero-order valence-corrected chi connectivity index (χ0v) is 20.8. The number of methoxy groups -OCH3 is 1. The molecule has 32 heavy (non-hydrogen) atoms. The number of rotatable bonds is 7. The lowest BCUT2D eigenvalue weighted by molar-refractivity contribution is -0.124. The minimum absolute atomic E-state index is 0.141. The van der Waals surface area contributed by atoms with Crippen LogP contribution in [0.4, 0.5) is 0 Å². The van der Waals surface area contributed by atoms with Crippen molar-refractivity contribution in [2.75, 3.05) is 13.7 Å². The summed E-state index contributed by atoms with van der Waals surface area (Å²) in [7, 11) is -2.13. The number of carbonyl (C=O) groups excluding carboxylic acids is 1. The second-order valence-corrected chi connectivity index (χ2v) is 10.9. The predicted octanol–water partition coefficient (Wildman–Crippen LogP) is 4.81. The van der Waals surface area contributed by atoms with Crippen LogP contribution in [0.5, 0.6) is 5.75 Å². The van der Waals surface area contributed by atoms with E-state index >= 15 is 0 Å². The second-order valence-electron chi connectivity index (χ2n) is 8.56. The molecule has 174 valence electrons. The van der Waals surface area contributed by atoms with Crippen molar-refractivity contribution < 1.29 is 17.9 Å². The molecule has 2 aromatic carbocycles. The van der Waals surface area contributed by atoms with Gasteiger partial charge in [-0.05, 0) is 85.7 Å². The van der Waals surface area contributed by atoms with E-state index in [0.717, 1.165) is 22.4 Å². The highest BCUT2D eigenvalue weighted by Crippen LogP contribution is 2.33. The SMILES string of the molecule is COc1cc(C)c([C@@H](C)NC(=O)[C@@H]2CCCN2S(=O)(=O)c2ccc(Cl)cc2)cc1C(C)C. The fourth-order valence-corrected chi connectivity index (χ4v) is 6.01. The summed E-state index contributed by atoms with van der Waals surface area (Å²) < 4.78 is 33.1. The maximum Gasteiger partial charge on any atom is 0.243 e. The number of benzene rings is 2. The van der Waals surface area contributed by atoms with Gasteiger partial charge in [0.05, 0.1) is 18.0 Å². The van der Waals surface area contributed by atoms with E-state index in [1.54, 1.807) is 19.2 Å². The molecule has 0 aliphatic carbocycles. The first-order valence-corrected chi connectivity index (χ1v) is 12.6. The van der Waals surface area contributed by atoms with Crippen molar-refractivity contribution in [1.29, 1.82) is 0 Å². The number of hydrogen-bond donors (Lipinski definition) is 1. The number of carbonyl (C=O) groups is 1. The topological polar surface area (TPSA) is 75.7 Å². The maximum absolute atomic E-state index is 13.2. The van der Waals surface area contributed by atoms with E-state index in [1.807, 2.05) is 19.9 Å². The molecule has 1 aliphatic heterocycles. The van der Waals surface area contributed by atoms with Gasteiger partial charge in [0.25, 0.3) is 0 Å². The van der Waals surface area contributed by atoms with E-state index in [-0.39, 0.29) is 22.8 Å². The molecule has 0 bridgehead atoms. The molecule has 1 aliphatic rings. The summed E-state index contributed by atoms with van der Waals surface area (Å²) in [4.78, 5) is 13.3. The van der Waals surface area contributed by atoms with Crippen LogP contribution < -0.4 is 10.1 Å². The number of nitrogens with one attached hydrogen (secondary N) is 1. The Bertz CT molecular complexity index is 1080. The summed E-state index contributed by atoms with van der Waals surface area (Å²) in [5, 5.41) is 3.50. The van der Waals surface area contributed by atoms with Crippen LogP contribution in [0.25, 0.3) is 0 Å². The number of aryl methyl sites for hydroxylation is 1. The summed E-state index contributed by atoms with van der Waals surface area (Å²) in [5.41, 5.74) is 3.08. The zero-order valence-electron chi connectivity index (χ0n) is 19.2. The molecule has 0 saturated carbocycles. The first-order chi connectivity index (χ1) is 15.1. The summed E-state index contributed by atoms with van der Waals surface area (Å²) in [5.74, 6) is 0.812. The Hall–Kier alpha value is -2.09. The third-order valence-corrected chi connectivity index (χ3v) is 8.17. The monoisotopic (exact) mass is 478 g/mol. The van der Waals surface area contributed by atoms with Gasteiger partial charge in [0.2, 0.25) is 15.9 Å². The van der Waals surface area contributed by atoms with Crippen molar-refractivity contribution in [1.82, 2.24) is 9.62 Å². The van der Waals surface area contributed by atoms with Gasteiger partial charge in [0, 0.05) is 11.6 Å². The average molecular weight is 479 g/mol. The fraction of sp³-hybridized carbons (Fsp3) is 0.458. The summed E-state index contributed by atoms with van der Waals surface area (Å²) in [6.45, 7) is 8.41. The van der Waals surface area contributed by atoms with Crippen LogP contribution in [0.2, 0.25) is 5.02 Å². The Labute approximate surface area is 196 Å². The normalized spacial score (nSPS) is 18.0. The highest BCUT2D eigenvalue weighted by molar-refractivity contribution is 7.89. The molecule has 6 nitrogen and oxygen atoms in total. The van der Waals surface area contributed by atoms with Crippen molar-refractivity contribution in [3.8, 4) is 5.75 Å². The highest BCUT2D eigenvalue weighted by Gasteiger charge is 2.39. The van der Waals surface area contributed by atoms with Gasteiger partial charge in [-0.1, -0.05) is 25.4 Å². The number of nitrogens with zero attached hydrogens (tertiary/aromatic N) is 1. The second kappa shape index (κ2) is 9.81. The van der Waals surface area contributed by atoms with Gasteiger partial charge in [-0.15, -0.1) is 0 Å². The molecule has 0 aromatic heterocycles. The maximum atomic E-state index is 13.2. The molecule has 3 rings (SSSR count). The molecule has 1 saturated heterocycles. The lowest BCUT2D eigenvalue weighted by Gasteiger charge is -2.26. The molecule has 0 spiro atoms. The van der Waals surface area contributed by atoms with Gasteiger partial charge >= 0.3 is 0 Å². The Kier molecular flexibility index (Phi) is 7.53. The average Bonchev–Trinajstić information content (AvgIpc) is 3.24. The standard InChI is InChI=1S/C24H31ClN2O4S/c1-15(2)20-14-21(16(3)13-23(20)31-5)17(4)26-24(28)22-7-6-12-27(22)32(29,30)19-10-8-18(25)9-11-19/h8-11,13-15,17,22H,6-7,12H2,1-5H3,(H,26,28)/t17-,22+/m1/s1. The highest BCUT2D eigenvalue weighted by atomic mass is 35.5. The van der Waals surface area contributed by atoms with Crippen LogP contribution in [0.1, 0.15) is 62.3 Å². The summed E-state index contributed by atoms with van der Waals surface area (Å²) in [6.07, 6.45) is 1.13. The largest absolute Gasteiger partial charge is 0.496 e. The minimum atomic E-state index is -3.79. The molecule has 1 fully saturated rings. The molecular formula is C24H31ClN2O4S. The van der Waals surface area contributed by atoms with Crippen LogP contribution in [0.3, 0.4) is 0 Å². The van der Waals surface area contributed by atoms with Crippen LogP contribution in [-0.2, 0) is 14.8 Å². The molecule has 1 amide bonds. The van der Waals surface area contributed by atoms with E-state index in [1.165, 1.54) is 16.4 Å². The number of amides is 1. The minimum Gasteiger partial charge on any atom is -0.496 e. The fourth-order valence-electron chi connectivity index (χ4n) is 4.23. The van der Waals surface area contributed by atoms with E-state index in [9.17, 15) is 13.2 Å². The van der Waals surface area contributed by atoms with E-state index < -0.39 is 16.1 Å². The van der Waals surface area contributed by atoms with Gasteiger partial charge in [-0.2, -0.15) is 4.31 Å².